The average Bonchev–Trinajstić information content (AvgIpc) is 2.57. The van der Waals surface area contributed by atoms with Crippen LogP contribution in [0.2, 0.25) is 0 Å². The summed E-state index contributed by atoms with van der Waals surface area (Å²) >= 11 is 3.25. The van der Waals surface area contributed by atoms with Crippen LogP contribution in [-0.4, -0.2) is 30.1 Å². The molecule has 0 aliphatic heterocycles. The lowest BCUT2D eigenvalue weighted by molar-refractivity contribution is 0.0515. The number of rotatable bonds is 4. The molecule has 17 heavy (non-hydrogen) atoms. The lowest BCUT2D eigenvalue weighted by Gasteiger charge is -2.00. The summed E-state index contributed by atoms with van der Waals surface area (Å²) in [5.41, 5.74) is 1.13. The van der Waals surface area contributed by atoms with E-state index in [9.17, 15) is 9.59 Å². The van der Waals surface area contributed by atoms with E-state index in [2.05, 4.69) is 20.9 Å². The molecule has 0 fully saturated rings. The number of H-pyrrole nitrogens is 1. The van der Waals surface area contributed by atoms with E-state index >= 15 is 0 Å². The van der Waals surface area contributed by atoms with Crippen LogP contribution in [0.1, 0.15) is 40.4 Å². The summed E-state index contributed by atoms with van der Waals surface area (Å²) in [5.74, 6) is -0.987. The number of aromatic amines is 1. The molecule has 0 aliphatic rings. The van der Waals surface area contributed by atoms with Crippen LogP contribution in [0.4, 0.5) is 0 Å². The minimum absolute atomic E-state index is 0.229. The van der Waals surface area contributed by atoms with E-state index in [1.165, 1.54) is 0 Å². The van der Waals surface area contributed by atoms with Gasteiger partial charge in [-0.2, -0.15) is 0 Å². The van der Waals surface area contributed by atoms with Crippen molar-refractivity contribution < 1.29 is 19.1 Å². The lowest BCUT2D eigenvalue weighted by atomic mass is 10.2. The molecule has 0 saturated carbocycles. The smallest absolute Gasteiger partial charge is 0.355 e. The summed E-state index contributed by atoms with van der Waals surface area (Å²) in [5, 5.41) is 0. The number of halogens is 1. The van der Waals surface area contributed by atoms with Crippen LogP contribution in [0, 0.1) is 6.92 Å². The molecule has 1 N–H and O–H groups in total. The molecule has 0 bridgehead atoms. The first-order valence-corrected chi connectivity index (χ1v) is 6.04. The molecule has 0 atom stereocenters. The number of hydrogen-bond donors (Lipinski definition) is 1. The Bertz CT molecular complexity index is 400. The number of hydrogen-bond acceptors (Lipinski definition) is 4. The van der Waals surface area contributed by atoms with Gasteiger partial charge >= 0.3 is 11.9 Å². The Balaban J connectivity index is 3.07. The van der Waals surface area contributed by atoms with Crippen molar-refractivity contribution in [3.05, 3.63) is 21.4 Å². The van der Waals surface area contributed by atoms with Crippen LogP contribution < -0.4 is 0 Å². The van der Waals surface area contributed by atoms with Gasteiger partial charge in [-0.1, -0.05) is 0 Å². The molecule has 1 aromatic heterocycles. The van der Waals surface area contributed by atoms with Crippen molar-refractivity contribution >= 4 is 27.9 Å². The third kappa shape index (κ3) is 2.88. The van der Waals surface area contributed by atoms with Crippen LogP contribution in [0.5, 0.6) is 0 Å². The van der Waals surface area contributed by atoms with Gasteiger partial charge < -0.3 is 14.5 Å². The number of aromatic nitrogens is 1. The fraction of sp³-hybridized carbons (Fsp3) is 0.455. The maximum absolute atomic E-state index is 11.6. The van der Waals surface area contributed by atoms with Crippen molar-refractivity contribution in [1.29, 1.82) is 0 Å². The number of nitrogens with one attached hydrogen (secondary N) is 1. The van der Waals surface area contributed by atoms with Crippen LogP contribution >= 0.6 is 15.9 Å². The second-order valence-corrected chi connectivity index (χ2v) is 4.05. The van der Waals surface area contributed by atoms with Crippen molar-refractivity contribution in [2.75, 3.05) is 13.2 Å². The summed E-state index contributed by atoms with van der Waals surface area (Å²) < 4.78 is 10.3. The van der Waals surface area contributed by atoms with Gasteiger partial charge in [-0.3, -0.25) is 0 Å². The van der Waals surface area contributed by atoms with Crippen molar-refractivity contribution in [1.82, 2.24) is 4.98 Å². The van der Waals surface area contributed by atoms with Crippen molar-refractivity contribution in [2.45, 2.75) is 20.8 Å². The molecule has 1 aromatic rings. The summed E-state index contributed by atoms with van der Waals surface area (Å²) in [6.07, 6.45) is 0. The van der Waals surface area contributed by atoms with Gasteiger partial charge in [0.25, 0.3) is 0 Å². The molecular weight excluding hydrogens is 290 g/mol. The Morgan fingerprint density at radius 1 is 1.12 bits per heavy atom. The Kier molecular flexibility index (Phi) is 4.74. The Hall–Kier alpha value is -1.30. The average molecular weight is 304 g/mol. The summed E-state index contributed by atoms with van der Waals surface area (Å²) in [6, 6.07) is 0. The van der Waals surface area contributed by atoms with Gasteiger partial charge in [0.1, 0.15) is 11.4 Å². The molecule has 0 aliphatic carbocycles. The van der Waals surface area contributed by atoms with Gasteiger partial charge in [0.2, 0.25) is 0 Å². The predicted molar refractivity (Wildman–Crippen MR) is 65.1 cm³/mol. The van der Waals surface area contributed by atoms with Gasteiger partial charge in [-0.05, 0) is 42.3 Å². The Labute approximate surface area is 108 Å². The molecule has 0 radical (unpaired) electrons. The first kappa shape index (κ1) is 13.8. The molecule has 1 heterocycles. The molecule has 0 unspecified atom stereocenters. The van der Waals surface area contributed by atoms with Gasteiger partial charge in [0, 0.05) is 0 Å². The maximum atomic E-state index is 11.6. The molecule has 0 spiro atoms. The number of esters is 2. The monoisotopic (exact) mass is 303 g/mol. The first-order valence-electron chi connectivity index (χ1n) is 5.25. The van der Waals surface area contributed by atoms with E-state index < -0.39 is 11.9 Å². The van der Waals surface area contributed by atoms with Gasteiger partial charge in [-0.15, -0.1) is 0 Å². The zero-order valence-electron chi connectivity index (χ0n) is 9.93. The zero-order chi connectivity index (χ0) is 13.0. The highest BCUT2D eigenvalue weighted by Gasteiger charge is 2.23. The van der Waals surface area contributed by atoms with Gasteiger partial charge in [0.15, 0.2) is 0 Å². The highest BCUT2D eigenvalue weighted by Crippen LogP contribution is 2.25. The molecule has 94 valence electrons. The van der Waals surface area contributed by atoms with E-state index in [0.717, 1.165) is 0 Å². The van der Waals surface area contributed by atoms with Crippen LogP contribution in [0.3, 0.4) is 0 Å². The first-order chi connectivity index (χ1) is 8.02. The summed E-state index contributed by atoms with van der Waals surface area (Å²) in [4.78, 5) is 25.9. The van der Waals surface area contributed by atoms with Crippen molar-refractivity contribution in [3.63, 3.8) is 0 Å². The number of carbonyl (C=O) groups excluding carboxylic acids is 2. The van der Waals surface area contributed by atoms with Crippen molar-refractivity contribution in [2.24, 2.45) is 0 Å². The van der Waals surface area contributed by atoms with Crippen molar-refractivity contribution in [3.8, 4) is 0 Å². The standard InChI is InChI=1S/C11H14BrNO4/c1-4-16-10(14)8-6(3)7(12)9(13-8)11(15)17-5-2/h13H,4-5H2,1-3H3. The topological polar surface area (TPSA) is 68.4 Å². The fourth-order valence-electron chi connectivity index (χ4n) is 1.32. The minimum Gasteiger partial charge on any atom is -0.461 e. The predicted octanol–water partition coefficient (Wildman–Crippen LogP) is 2.44. The van der Waals surface area contributed by atoms with Crippen LogP contribution in [0.25, 0.3) is 0 Å². The SMILES string of the molecule is CCOC(=O)c1[nH]c(C(=O)OCC)c(Br)c1C. The van der Waals surface area contributed by atoms with E-state index in [0.29, 0.717) is 10.0 Å². The normalized spacial score (nSPS) is 10.1. The van der Waals surface area contributed by atoms with E-state index in [1.54, 1.807) is 20.8 Å². The van der Waals surface area contributed by atoms with E-state index in [-0.39, 0.29) is 24.6 Å². The zero-order valence-corrected chi connectivity index (χ0v) is 11.5. The van der Waals surface area contributed by atoms with Gasteiger partial charge in [-0.25, -0.2) is 9.59 Å². The lowest BCUT2D eigenvalue weighted by Crippen LogP contribution is -2.09. The highest BCUT2D eigenvalue weighted by atomic mass is 79.9. The van der Waals surface area contributed by atoms with E-state index in [4.69, 9.17) is 9.47 Å². The summed E-state index contributed by atoms with van der Waals surface area (Å²) in [7, 11) is 0. The Morgan fingerprint density at radius 2 is 1.59 bits per heavy atom. The minimum atomic E-state index is -0.502. The third-order valence-electron chi connectivity index (χ3n) is 2.13. The quantitative estimate of drug-likeness (QED) is 0.868. The second-order valence-electron chi connectivity index (χ2n) is 3.25. The summed E-state index contributed by atoms with van der Waals surface area (Å²) in [6.45, 7) is 5.71. The molecular formula is C11H14BrNO4. The van der Waals surface area contributed by atoms with Crippen LogP contribution in [0.15, 0.2) is 4.47 Å². The third-order valence-corrected chi connectivity index (χ3v) is 3.12. The van der Waals surface area contributed by atoms with Crippen LogP contribution in [-0.2, 0) is 9.47 Å². The highest BCUT2D eigenvalue weighted by molar-refractivity contribution is 9.10. The second kappa shape index (κ2) is 5.86. The molecule has 5 nitrogen and oxygen atoms in total. The molecule has 0 saturated heterocycles. The molecule has 0 amide bonds. The van der Waals surface area contributed by atoms with E-state index in [1.807, 2.05) is 0 Å². The largest absolute Gasteiger partial charge is 0.461 e. The number of carbonyl (C=O) groups is 2. The van der Waals surface area contributed by atoms with Gasteiger partial charge in [0.05, 0.1) is 17.7 Å². The molecule has 6 heteroatoms. The number of ether oxygens (including phenoxy) is 2. The fourth-order valence-corrected chi connectivity index (χ4v) is 1.78. The Morgan fingerprint density at radius 3 is 2.06 bits per heavy atom. The molecule has 0 aromatic carbocycles. The maximum Gasteiger partial charge on any atom is 0.355 e. The molecule has 1 rings (SSSR count).